The van der Waals surface area contributed by atoms with Crippen LogP contribution in [0.15, 0.2) is 36.5 Å². The van der Waals surface area contributed by atoms with E-state index in [1.165, 1.54) is 0 Å². The Balaban J connectivity index is 1.58. The number of aromatic nitrogens is 2. The first-order valence-electron chi connectivity index (χ1n) is 8.84. The first kappa shape index (κ1) is 17.2. The molecule has 8 heteroatoms. The largest absolute Gasteiger partial charge is 0.332 e. The van der Waals surface area contributed by atoms with Crippen LogP contribution in [0.5, 0.6) is 0 Å². The van der Waals surface area contributed by atoms with E-state index in [0.29, 0.717) is 18.7 Å². The Labute approximate surface area is 152 Å². The summed E-state index contributed by atoms with van der Waals surface area (Å²) in [7, 11) is -3.10. The summed E-state index contributed by atoms with van der Waals surface area (Å²) in [4.78, 5) is 17.0. The second-order valence-electron chi connectivity index (χ2n) is 6.89. The minimum absolute atomic E-state index is 0.0616. The number of benzene rings is 1. The zero-order valence-corrected chi connectivity index (χ0v) is 15.4. The van der Waals surface area contributed by atoms with E-state index in [2.05, 4.69) is 15.1 Å². The quantitative estimate of drug-likeness (QED) is 0.867. The molecule has 0 aliphatic carbocycles. The van der Waals surface area contributed by atoms with Gasteiger partial charge in [-0.3, -0.25) is 14.8 Å². The Bertz CT molecular complexity index is 893. The van der Waals surface area contributed by atoms with Crippen molar-refractivity contribution in [2.24, 2.45) is 0 Å². The topological polar surface area (TPSA) is 86.4 Å². The van der Waals surface area contributed by atoms with Crippen molar-refractivity contribution < 1.29 is 13.2 Å². The number of hydrogen-bond acceptors (Lipinski definition) is 5. The lowest BCUT2D eigenvalue weighted by atomic mass is 10.0. The Morgan fingerprint density at radius 1 is 1.15 bits per heavy atom. The molecule has 2 aliphatic heterocycles. The lowest BCUT2D eigenvalue weighted by Gasteiger charge is -2.43. The second kappa shape index (κ2) is 6.51. The molecule has 0 unspecified atom stereocenters. The van der Waals surface area contributed by atoms with Crippen LogP contribution >= 0.6 is 0 Å². The van der Waals surface area contributed by atoms with Crippen molar-refractivity contribution in [3.63, 3.8) is 0 Å². The molecular formula is C18H22N4O3S. The highest BCUT2D eigenvalue weighted by Crippen LogP contribution is 2.28. The summed E-state index contributed by atoms with van der Waals surface area (Å²) >= 11 is 0. The van der Waals surface area contributed by atoms with E-state index < -0.39 is 9.84 Å². The minimum atomic E-state index is -3.10. The summed E-state index contributed by atoms with van der Waals surface area (Å²) in [6.07, 6.45) is 1.68. The molecule has 0 spiro atoms. The molecule has 1 aromatic heterocycles. The Hall–Kier alpha value is -2.19. The molecule has 2 aliphatic rings. The van der Waals surface area contributed by atoms with Crippen LogP contribution < -0.4 is 0 Å². The van der Waals surface area contributed by atoms with Gasteiger partial charge in [0.1, 0.15) is 0 Å². The maximum Gasteiger partial charge on any atom is 0.254 e. The molecule has 0 bridgehead atoms. The summed E-state index contributed by atoms with van der Waals surface area (Å²) in [6.45, 7) is 4.11. The molecule has 2 saturated heterocycles. The van der Waals surface area contributed by atoms with Crippen molar-refractivity contribution in [3.05, 3.63) is 42.1 Å². The van der Waals surface area contributed by atoms with Crippen molar-refractivity contribution in [3.8, 4) is 11.3 Å². The summed E-state index contributed by atoms with van der Waals surface area (Å²) in [5.74, 6) is 0.115. The van der Waals surface area contributed by atoms with Gasteiger partial charge in [-0.25, -0.2) is 8.42 Å². The molecule has 1 N–H and O–H groups in total. The number of aromatic amines is 1. The highest BCUT2D eigenvalue weighted by atomic mass is 32.2. The predicted octanol–water partition coefficient (Wildman–Crippen LogP) is 1.02. The third-order valence-corrected chi connectivity index (χ3v) is 7.10. The van der Waals surface area contributed by atoms with Gasteiger partial charge in [-0.05, 0) is 30.3 Å². The molecule has 26 heavy (non-hydrogen) atoms. The average molecular weight is 374 g/mol. The SMILES string of the molecule is CCN1CCN(C(=O)c2ccc(-c3ccn[nH]3)cc2)[C@H]2CS(=O)(=O)C[C@H]21. The first-order valence-corrected chi connectivity index (χ1v) is 10.7. The number of carbonyl (C=O) groups excluding carboxylic acids is 1. The molecule has 7 nitrogen and oxygen atoms in total. The van der Waals surface area contributed by atoms with Crippen LogP contribution in [0.2, 0.25) is 0 Å². The van der Waals surface area contributed by atoms with Crippen LogP contribution in [-0.2, 0) is 9.84 Å². The lowest BCUT2D eigenvalue weighted by Crippen LogP contribution is -2.60. The monoisotopic (exact) mass is 374 g/mol. The Morgan fingerprint density at radius 2 is 1.88 bits per heavy atom. The average Bonchev–Trinajstić information content (AvgIpc) is 3.27. The molecule has 0 radical (unpaired) electrons. The number of hydrogen-bond donors (Lipinski definition) is 1. The van der Waals surface area contributed by atoms with Gasteiger partial charge >= 0.3 is 0 Å². The normalized spacial score (nSPS) is 25.2. The van der Waals surface area contributed by atoms with E-state index in [4.69, 9.17) is 0 Å². The zero-order chi connectivity index (χ0) is 18.3. The lowest BCUT2D eigenvalue weighted by molar-refractivity contribution is 0.0349. The fourth-order valence-electron chi connectivity index (χ4n) is 4.04. The molecule has 0 saturated carbocycles. The number of amides is 1. The van der Waals surface area contributed by atoms with Crippen LogP contribution in [0.1, 0.15) is 17.3 Å². The molecule has 2 atom stereocenters. The van der Waals surface area contributed by atoms with Gasteiger partial charge in [0, 0.05) is 30.9 Å². The second-order valence-corrected chi connectivity index (χ2v) is 9.04. The fourth-order valence-corrected chi connectivity index (χ4v) is 6.06. The molecule has 2 aromatic rings. The van der Waals surface area contributed by atoms with Crippen LogP contribution in [0, 0.1) is 0 Å². The number of carbonyl (C=O) groups is 1. The zero-order valence-electron chi connectivity index (χ0n) is 14.6. The number of nitrogens with one attached hydrogen (secondary N) is 1. The number of piperazine rings is 1. The Kier molecular flexibility index (Phi) is 4.32. The smallest absolute Gasteiger partial charge is 0.254 e. The van der Waals surface area contributed by atoms with Crippen LogP contribution in [-0.4, -0.2) is 77.5 Å². The molecule has 1 aromatic carbocycles. The van der Waals surface area contributed by atoms with E-state index in [9.17, 15) is 13.2 Å². The molecule has 4 rings (SSSR count). The molecule has 2 fully saturated rings. The van der Waals surface area contributed by atoms with Crippen LogP contribution in [0.25, 0.3) is 11.3 Å². The summed E-state index contributed by atoms with van der Waals surface area (Å²) < 4.78 is 24.3. The van der Waals surface area contributed by atoms with E-state index in [1.807, 2.05) is 25.1 Å². The van der Waals surface area contributed by atoms with Gasteiger partial charge in [0.05, 0.1) is 23.2 Å². The van der Waals surface area contributed by atoms with Gasteiger partial charge in [0.2, 0.25) is 0 Å². The number of H-pyrrole nitrogens is 1. The summed E-state index contributed by atoms with van der Waals surface area (Å²) in [5, 5.41) is 6.83. The van der Waals surface area contributed by atoms with Crippen molar-refractivity contribution in [1.29, 1.82) is 0 Å². The van der Waals surface area contributed by atoms with Gasteiger partial charge in [-0.1, -0.05) is 19.1 Å². The summed E-state index contributed by atoms with van der Waals surface area (Å²) in [5.41, 5.74) is 2.43. The number of fused-ring (bicyclic) bond motifs is 1. The number of likely N-dealkylation sites (N-methyl/N-ethyl adjacent to an activating group) is 1. The van der Waals surface area contributed by atoms with Crippen LogP contribution in [0.3, 0.4) is 0 Å². The maximum atomic E-state index is 13.0. The van der Waals surface area contributed by atoms with Gasteiger partial charge in [-0.2, -0.15) is 5.10 Å². The molecule has 138 valence electrons. The summed E-state index contributed by atoms with van der Waals surface area (Å²) in [6, 6.07) is 8.87. The van der Waals surface area contributed by atoms with E-state index in [-0.39, 0.29) is 29.5 Å². The standard InChI is InChI=1S/C18H22N4O3S/c1-2-21-9-10-22(17-12-26(24,25)11-16(17)21)18(23)14-5-3-13(4-6-14)15-7-8-19-20-15/h3-8,16-17H,2,9-12H2,1H3,(H,19,20)/t16-,17+/m1/s1. The first-order chi connectivity index (χ1) is 12.5. The van der Waals surface area contributed by atoms with Gasteiger partial charge in [0.25, 0.3) is 5.91 Å². The minimum Gasteiger partial charge on any atom is -0.332 e. The Morgan fingerprint density at radius 3 is 2.54 bits per heavy atom. The molecule has 1 amide bonds. The maximum absolute atomic E-state index is 13.0. The van der Waals surface area contributed by atoms with E-state index in [1.54, 1.807) is 23.2 Å². The third-order valence-electron chi connectivity index (χ3n) is 5.40. The van der Waals surface area contributed by atoms with E-state index in [0.717, 1.165) is 17.8 Å². The van der Waals surface area contributed by atoms with Crippen molar-refractivity contribution in [2.45, 2.75) is 19.0 Å². The predicted molar refractivity (Wildman–Crippen MR) is 98.5 cm³/mol. The highest BCUT2D eigenvalue weighted by molar-refractivity contribution is 7.91. The third kappa shape index (κ3) is 3.03. The number of rotatable bonds is 3. The molecular weight excluding hydrogens is 352 g/mol. The fraction of sp³-hybridized carbons (Fsp3) is 0.444. The highest BCUT2D eigenvalue weighted by Gasteiger charge is 2.47. The van der Waals surface area contributed by atoms with Crippen molar-refractivity contribution >= 4 is 15.7 Å². The van der Waals surface area contributed by atoms with Gasteiger partial charge in [-0.15, -0.1) is 0 Å². The van der Waals surface area contributed by atoms with Crippen LogP contribution in [0.4, 0.5) is 0 Å². The van der Waals surface area contributed by atoms with Crippen molar-refractivity contribution in [1.82, 2.24) is 20.0 Å². The molecule has 3 heterocycles. The van der Waals surface area contributed by atoms with Gasteiger partial charge in [0.15, 0.2) is 9.84 Å². The number of nitrogens with zero attached hydrogens (tertiary/aromatic N) is 3. The van der Waals surface area contributed by atoms with Gasteiger partial charge < -0.3 is 4.90 Å². The van der Waals surface area contributed by atoms with Crippen molar-refractivity contribution in [2.75, 3.05) is 31.1 Å². The van der Waals surface area contributed by atoms with E-state index >= 15 is 0 Å². The number of sulfone groups is 1.